The minimum atomic E-state index is -1.40. The molecule has 1 aromatic carbocycles. The fraction of sp³-hybridized carbons (Fsp3) is 0.500. The molecule has 0 bridgehead atoms. The third-order valence-electron chi connectivity index (χ3n) is 2.25. The molecule has 1 atom stereocenters. The molecule has 0 aliphatic rings. The van der Waals surface area contributed by atoms with Crippen molar-refractivity contribution in [2.24, 2.45) is 0 Å². The van der Waals surface area contributed by atoms with Gasteiger partial charge in [0.2, 0.25) is 0 Å². The molecule has 7 heteroatoms. The van der Waals surface area contributed by atoms with Gasteiger partial charge in [-0.1, -0.05) is 15.9 Å². The molecular weight excluding hydrogens is 316 g/mol. The minimum Gasteiger partial charge on any atom is -0.374 e. The molecule has 0 fully saturated rings. The Morgan fingerprint density at radius 3 is 2.74 bits per heavy atom. The highest BCUT2D eigenvalue weighted by Gasteiger charge is 2.24. The van der Waals surface area contributed by atoms with Crippen molar-refractivity contribution in [3.63, 3.8) is 0 Å². The highest BCUT2D eigenvalue weighted by atomic mass is 79.9. The van der Waals surface area contributed by atoms with Gasteiger partial charge in [-0.15, -0.1) is 0 Å². The van der Waals surface area contributed by atoms with Crippen molar-refractivity contribution in [3.05, 3.63) is 32.8 Å². The van der Waals surface area contributed by atoms with Gasteiger partial charge in [0.25, 0.3) is 5.69 Å². The maximum atomic E-state index is 10.9. The maximum absolute atomic E-state index is 10.9. The summed E-state index contributed by atoms with van der Waals surface area (Å²) < 4.78 is 6.01. The van der Waals surface area contributed by atoms with Crippen molar-refractivity contribution in [3.8, 4) is 0 Å². The quantitative estimate of drug-likeness (QED) is 0.475. The monoisotopic (exact) mass is 332 g/mol. The molecule has 19 heavy (non-hydrogen) atoms. The zero-order chi connectivity index (χ0) is 14.6. The Balaban J connectivity index is 2.82. The van der Waals surface area contributed by atoms with Gasteiger partial charge in [0.15, 0.2) is 5.79 Å². The van der Waals surface area contributed by atoms with Crippen molar-refractivity contribution < 1.29 is 14.8 Å². The summed E-state index contributed by atoms with van der Waals surface area (Å²) in [5, 5.41) is 23.7. The smallest absolute Gasteiger partial charge is 0.292 e. The number of aliphatic hydroxyl groups is 1. The standard InChI is InChI=1S/C12H17BrN2O4/c1-8(2)19-12(3,16)7-14-10-6-9(13)4-5-11(10)15(17)18/h4-6,8,14,16H,7H2,1-3H3/t12-/m1/s1. The number of nitrogens with zero attached hydrogens (tertiary/aromatic N) is 1. The van der Waals surface area contributed by atoms with Crippen LogP contribution in [0.3, 0.4) is 0 Å². The normalized spacial score (nSPS) is 14.2. The first kappa shape index (κ1) is 15.9. The van der Waals surface area contributed by atoms with Gasteiger partial charge in [0, 0.05) is 10.5 Å². The van der Waals surface area contributed by atoms with E-state index in [1.165, 1.54) is 13.0 Å². The number of rotatable bonds is 6. The number of nitro benzene ring substituents is 1. The lowest BCUT2D eigenvalue weighted by Gasteiger charge is -2.26. The van der Waals surface area contributed by atoms with Crippen molar-refractivity contribution in [1.29, 1.82) is 0 Å². The Labute approximate surface area is 120 Å². The Morgan fingerprint density at radius 2 is 2.21 bits per heavy atom. The summed E-state index contributed by atoms with van der Waals surface area (Å²) in [7, 11) is 0. The van der Waals surface area contributed by atoms with Gasteiger partial charge in [-0.2, -0.15) is 0 Å². The fourth-order valence-corrected chi connectivity index (χ4v) is 1.98. The van der Waals surface area contributed by atoms with Crippen molar-refractivity contribution in [2.45, 2.75) is 32.7 Å². The molecule has 0 amide bonds. The molecule has 0 aliphatic heterocycles. The number of hydrogen-bond acceptors (Lipinski definition) is 5. The molecule has 1 aromatic rings. The van der Waals surface area contributed by atoms with Gasteiger partial charge >= 0.3 is 0 Å². The van der Waals surface area contributed by atoms with Gasteiger partial charge in [-0.3, -0.25) is 10.1 Å². The molecule has 0 radical (unpaired) electrons. The van der Waals surface area contributed by atoms with E-state index >= 15 is 0 Å². The third kappa shape index (κ3) is 5.14. The largest absolute Gasteiger partial charge is 0.374 e. The Hall–Kier alpha value is -1.18. The van der Waals surface area contributed by atoms with Crippen LogP contribution in [0, 0.1) is 10.1 Å². The van der Waals surface area contributed by atoms with Crippen LogP contribution >= 0.6 is 15.9 Å². The summed E-state index contributed by atoms with van der Waals surface area (Å²) >= 11 is 3.25. The average Bonchev–Trinajstić information content (AvgIpc) is 2.24. The molecule has 0 aromatic heterocycles. The molecular formula is C12H17BrN2O4. The molecule has 0 saturated heterocycles. The molecule has 2 N–H and O–H groups in total. The molecule has 0 aliphatic carbocycles. The lowest BCUT2D eigenvalue weighted by molar-refractivity contribution is -0.384. The van der Waals surface area contributed by atoms with Crippen LogP contribution in [0.2, 0.25) is 0 Å². The number of anilines is 1. The lowest BCUT2D eigenvalue weighted by atomic mass is 10.2. The second-order valence-electron chi connectivity index (χ2n) is 4.61. The zero-order valence-corrected chi connectivity index (χ0v) is 12.6. The lowest BCUT2D eigenvalue weighted by Crippen LogP contribution is -2.38. The first-order valence-electron chi connectivity index (χ1n) is 5.79. The summed E-state index contributed by atoms with van der Waals surface area (Å²) in [6, 6.07) is 4.57. The highest BCUT2D eigenvalue weighted by Crippen LogP contribution is 2.28. The summed E-state index contributed by atoms with van der Waals surface area (Å²) in [6.07, 6.45) is -0.144. The molecule has 6 nitrogen and oxygen atoms in total. The molecule has 0 heterocycles. The van der Waals surface area contributed by atoms with Crippen molar-refractivity contribution in [1.82, 2.24) is 0 Å². The number of nitrogens with one attached hydrogen (secondary N) is 1. The topological polar surface area (TPSA) is 84.6 Å². The van der Waals surface area contributed by atoms with Crippen LogP contribution < -0.4 is 5.32 Å². The van der Waals surface area contributed by atoms with E-state index in [2.05, 4.69) is 21.2 Å². The SMILES string of the molecule is CC(C)O[C@@](C)(O)CNc1cc(Br)ccc1[N+](=O)[O-]. The number of ether oxygens (including phenoxy) is 1. The highest BCUT2D eigenvalue weighted by molar-refractivity contribution is 9.10. The van der Waals surface area contributed by atoms with Crippen LogP contribution in [0.5, 0.6) is 0 Å². The number of hydrogen-bond donors (Lipinski definition) is 2. The molecule has 0 unspecified atom stereocenters. The predicted molar refractivity (Wildman–Crippen MR) is 76.1 cm³/mol. The van der Waals surface area contributed by atoms with Crippen LogP contribution in [-0.4, -0.2) is 28.5 Å². The van der Waals surface area contributed by atoms with Crippen LogP contribution in [0.1, 0.15) is 20.8 Å². The number of benzene rings is 1. The number of nitro groups is 1. The van der Waals surface area contributed by atoms with E-state index < -0.39 is 10.7 Å². The molecule has 106 valence electrons. The van der Waals surface area contributed by atoms with E-state index in [1.807, 2.05) is 0 Å². The van der Waals surface area contributed by atoms with E-state index in [4.69, 9.17) is 4.74 Å². The van der Waals surface area contributed by atoms with Gasteiger partial charge in [0.1, 0.15) is 5.69 Å². The number of halogens is 1. The third-order valence-corrected chi connectivity index (χ3v) is 2.74. The van der Waals surface area contributed by atoms with Gasteiger partial charge in [0.05, 0.1) is 17.6 Å². The zero-order valence-electron chi connectivity index (χ0n) is 11.0. The fourth-order valence-electron chi connectivity index (χ4n) is 1.62. The Morgan fingerprint density at radius 1 is 1.58 bits per heavy atom. The Kier molecular flexibility index (Phi) is 5.28. The van der Waals surface area contributed by atoms with E-state index in [9.17, 15) is 15.2 Å². The van der Waals surface area contributed by atoms with Crippen LogP contribution in [-0.2, 0) is 4.74 Å². The van der Waals surface area contributed by atoms with E-state index in [-0.39, 0.29) is 18.3 Å². The molecule has 0 saturated carbocycles. The van der Waals surface area contributed by atoms with Crippen molar-refractivity contribution >= 4 is 27.3 Å². The summed E-state index contributed by atoms with van der Waals surface area (Å²) in [6.45, 7) is 5.15. The Bertz CT molecular complexity index is 463. The first-order valence-corrected chi connectivity index (χ1v) is 6.58. The summed E-state index contributed by atoms with van der Waals surface area (Å²) in [5.74, 6) is -1.40. The van der Waals surface area contributed by atoms with Crippen LogP contribution in [0.4, 0.5) is 11.4 Å². The van der Waals surface area contributed by atoms with Crippen LogP contribution in [0.15, 0.2) is 22.7 Å². The van der Waals surface area contributed by atoms with E-state index in [1.54, 1.807) is 26.0 Å². The first-order chi connectivity index (χ1) is 8.71. The van der Waals surface area contributed by atoms with Gasteiger partial charge in [-0.25, -0.2) is 0 Å². The van der Waals surface area contributed by atoms with Crippen molar-refractivity contribution in [2.75, 3.05) is 11.9 Å². The molecule has 1 rings (SSSR count). The van der Waals surface area contributed by atoms with E-state index in [0.717, 1.165) is 0 Å². The maximum Gasteiger partial charge on any atom is 0.292 e. The average molecular weight is 333 g/mol. The second kappa shape index (κ2) is 6.31. The summed E-state index contributed by atoms with van der Waals surface area (Å²) in [5.41, 5.74) is 0.274. The van der Waals surface area contributed by atoms with E-state index in [0.29, 0.717) is 10.2 Å². The molecule has 0 spiro atoms. The van der Waals surface area contributed by atoms with Gasteiger partial charge < -0.3 is 15.2 Å². The van der Waals surface area contributed by atoms with Gasteiger partial charge in [-0.05, 0) is 32.9 Å². The summed E-state index contributed by atoms with van der Waals surface area (Å²) in [4.78, 5) is 10.4. The van der Waals surface area contributed by atoms with Crippen LogP contribution in [0.25, 0.3) is 0 Å². The predicted octanol–water partition coefficient (Wildman–Crippen LogP) is 2.90. The second-order valence-corrected chi connectivity index (χ2v) is 5.53. The minimum absolute atomic E-state index is 0.0441.